The number of hydrogen-bond acceptors (Lipinski definition) is 2. The Balaban J connectivity index is 2.20. The molecular formula is C14H9BrCl2O3. The lowest BCUT2D eigenvalue weighted by atomic mass is 10.2. The van der Waals surface area contributed by atoms with Gasteiger partial charge in [-0.25, -0.2) is 4.79 Å². The second kappa shape index (κ2) is 6.48. The first-order valence-corrected chi connectivity index (χ1v) is 7.12. The highest BCUT2D eigenvalue weighted by molar-refractivity contribution is 9.10. The van der Waals surface area contributed by atoms with Gasteiger partial charge in [0, 0.05) is 20.1 Å². The van der Waals surface area contributed by atoms with Gasteiger partial charge in [-0.2, -0.15) is 0 Å². The van der Waals surface area contributed by atoms with E-state index in [1.54, 1.807) is 30.3 Å². The van der Waals surface area contributed by atoms with Gasteiger partial charge in [0.25, 0.3) is 0 Å². The molecule has 0 aliphatic carbocycles. The number of ether oxygens (including phenoxy) is 1. The van der Waals surface area contributed by atoms with Gasteiger partial charge in [0.15, 0.2) is 0 Å². The molecule has 0 saturated carbocycles. The zero-order valence-electron chi connectivity index (χ0n) is 10.1. The molecule has 0 aromatic heterocycles. The van der Waals surface area contributed by atoms with Crippen LogP contribution in [0.3, 0.4) is 0 Å². The fraction of sp³-hybridized carbons (Fsp3) is 0.0714. The SMILES string of the molecule is O=C(O)c1cc(Br)ccc1OCc1ccc(Cl)cc1Cl. The number of carbonyl (C=O) groups is 1. The van der Waals surface area contributed by atoms with E-state index in [4.69, 9.17) is 33.0 Å². The monoisotopic (exact) mass is 374 g/mol. The van der Waals surface area contributed by atoms with E-state index in [0.717, 1.165) is 5.56 Å². The lowest BCUT2D eigenvalue weighted by molar-refractivity contribution is 0.0691. The van der Waals surface area contributed by atoms with Crippen molar-refractivity contribution in [3.05, 3.63) is 62.0 Å². The third-order valence-electron chi connectivity index (χ3n) is 2.57. The quantitative estimate of drug-likeness (QED) is 0.814. The fourth-order valence-corrected chi connectivity index (χ4v) is 2.41. The summed E-state index contributed by atoms with van der Waals surface area (Å²) in [4.78, 5) is 11.2. The highest BCUT2D eigenvalue weighted by atomic mass is 79.9. The number of aromatic carboxylic acids is 1. The molecule has 2 rings (SSSR count). The van der Waals surface area contributed by atoms with Gasteiger partial charge < -0.3 is 9.84 Å². The first-order chi connectivity index (χ1) is 9.47. The standard InChI is InChI=1S/C14H9BrCl2O3/c15-9-2-4-13(11(5-9)14(18)19)20-7-8-1-3-10(16)6-12(8)17/h1-6H,7H2,(H,18,19). The molecular weight excluding hydrogens is 367 g/mol. The summed E-state index contributed by atoms with van der Waals surface area (Å²) in [5, 5.41) is 10.1. The Kier molecular flexibility index (Phi) is 4.91. The predicted molar refractivity (Wildman–Crippen MR) is 81.9 cm³/mol. The van der Waals surface area contributed by atoms with Crippen LogP contribution in [0.1, 0.15) is 15.9 Å². The van der Waals surface area contributed by atoms with E-state index in [-0.39, 0.29) is 17.9 Å². The van der Waals surface area contributed by atoms with Crippen molar-refractivity contribution in [2.24, 2.45) is 0 Å². The summed E-state index contributed by atoms with van der Waals surface area (Å²) >= 11 is 15.1. The first-order valence-electron chi connectivity index (χ1n) is 5.57. The zero-order chi connectivity index (χ0) is 14.7. The van der Waals surface area contributed by atoms with Gasteiger partial charge in [-0.05, 0) is 30.3 Å². The highest BCUT2D eigenvalue weighted by Gasteiger charge is 2.12. The van der Waals surface area contributed by atoms with Crippen molar-refractivity contribution in [2.45, 2.75) is 6.61 Å². The number of carboxylic acids is 1. The molecule has 0 unspecified atom stereocenters. The third kappa shape index (κ3) is 3.66. The summed E-state index contributed by atoms with van der Waals surface area (Å²) in [6, 6.07) is 9.85. The summed E-state index contributed by atoms with van der Waals surface area (Å²) in [6.07, 6.45) is 0. The second-order valence-electron chi connectivity index (χ2n) is 3.97. The number of rotatable bonds is 4. The van der Waals surface area contributed by atoms with E-state index >= 15 is 0 Å². The summed E-state index contributed by atoms with van der Waals surface area (Å²) in [5.74, 6) is -0.768. The van der Waals surface area contributed by atoms with Gasteiger partial charge in [-0.1, -0.05) is 45.2 Å². The minimum absolute atomic E-state index is 0.0875. The molecule has 0 amide bonds. The Labute approximate surface area is 134 Å². The molecule has 6 heteroatoms. The maximum Gasteiger partial charge on any atom is 0.339 e. The van der Waals surface area contributed by atoms with Crippen molar-refractivity contribution in [1.82, 2.24) is 0 Å². The van der Waals surface area contributed by atoms with E-state index in [0.29, 0.717) is 14.5 Å². The van der Waals surface area contributed by atoms with Gasteiger partial charge in [0.05, 0.1) is 0 Å². The smallest absolute Gasteiger partial charge is 0.339 e. The molecule has 0 aliphatic heterocycles. The van der Waals surface area contributed by atoms with E-state index in [2.05, 4.69) is 15.9 Å². The molecule has 0 fully saturated rings. The van der Waals surface area contributed by atoms with Crippen LogP contribution >= 0.6 is 39.1 Å². The topological polar surface area (TPSA) is 46.5 Å². The summed E-state index contributed by atoms with van der Waals surface area (Å²) < 4.78 is 6.20. The highest BCUT2D eigenvalue weighted by Crippen LogP contribution is 2.26. The third-order valence-corrected chi connectivity index (χ3v) is 3.65. The molecule has 104 valence electrons. The van der Waals surface area contributed by atoms with Crippen LogP contribution in [0.15, 0.2) is 40.9 Å². The molecule has 0 aliphatic rings. The minimum Gasteiger partial charge on any atom is -0.488 e. The lowest BCUT2D eigenvalue weighted by Gasteiger charge is -2.10. The molecule has 3 nitrogen and oxygen atoms in total. The molecule has 0 bridgehead atoms. The summed E-state index contributed by atoms with van der Waals surface area (Å²) in [5.41, 5.74) is 0.819. The molecule has 1 N–H and O–H groups in total. The molecule has 0 radical (unpaired) electrons. The normalized spacial score (nSPS) is 10.3. The lowest BCUT2D eigenvalue weighted by Crippen LogP contribution is -2.03. The average molecular weight is 376 g/mol. The molecule has 0 atom stereocenters. The van der Waals surface area contributed by atoms with Crippen molar-refractivity contribution in [2.75, 3.05) is 0 Å². The van der Waals surface area contributed by atoms with Crippen LogP contribution in [0, 0.1) is 0 Å². The molecule has 20 heavy (non-hydrogen) atoms. The van der Waals surface area contributed by atoms with Crippen LogP contribution in [0.25, 0.3) is 0 Å². The van der Waals surface area contributed by atoms with Gasteiger partial charge in [-0.3, -0.25) is 0 Å². The average Bonchev–Trinajstić information content (AvgIpc) is 2.38. The van der Waals surface area contributed by atoms with Gasteiger partial charge in [-0.15, -0.1) is 0 Å². The molecule has 2 aromatic carbocycles. The van der Waals surface area contributed by atoms with Crippen LogP contribution in [-0.4, -0.2) is 11.1 Å². The Morgan fingerprint density at radius 1 is 1.20 bits per heavy atom. The van der Waals surface area contributed by atoms with Crippen molar-refractivity contribution in [1.29, 1.82) is 0 Å². The largest absolute Gasteiger partial charge is 0.488 e. The Morgan fingerprint density at radius 2 is 1.95 bits per heavy atom. The first kappa shape index (κ1) is 15.2. The number of carboxylic acid groups (broad SMARTS) is 1. The van der Waals surface area contributed by atoms with E-state index in [1.807, 2.05) is 0 Å². The molecule has 0 saturated heterocycles. The van der Waals surface area contributed by atoms with E-state index < -0.39 is 5.97 Å². The molecule has 2 aromatic rings. The number of benzene rings is 2. The number of hydrogen-bond donors (Lipinski definition) is 1. The van der Waals surface area contributed by atoms with Gasteiger partial charge in [0.1, 0.15) is 17.9 Å². The maximum atomic E-state index is 11.2. The van der Waals surface area contributed by atoms with Crippen LogP contribution in [0.4, 0.5) is 0 Å². The molecule has 0 heterocycles. The summed E-state index contributed by atoms with van der Waals surface area (Å²) in [7, 11) is 0. The second-order valence-corrected chi connectivity index (χ2v) is 5.73. The van der Waals surface area contributed by atoms with Crippen molar-refractivity contribution >= 4 is 45.1 Å². The molecule has 0 spiro atoms. The Morgan fingerprint density at radius 3 is 2.60 bits per heavy atom. The number of halogens is 3. The van der Waals surface area contributed by atoms with Crippen molar-refractivity contribution in [3.63, 3.8) is 0 Å². The van der Waals surface area contributed by atoms with Gasteiger partial charge in [0.2, 0.25) is 0 Å². The zero-order valence-corrected chi connectivity index (χ0v) is 13.2. The Hall–Kier alpha value is -1.23. The van der Waals surface area contributed by atoms with Crippen LogP contribution < -0.4 is 4.74 Å². The van der Waals surface area contributed by atoms with E-state index in [1.165, 1.54) is 6.07 Å². The minimum atomic E-state index is -1.05. The van der Waals surface area contributed by atoms with Gasteiger partial charge >= 0.3 is 5.97 Å². The van der Waals surface area contributed by atoms with Crippen LogP contribution in [-0.2, 0) is 6.61 Å². The fourth-order valence-electron chi connectivity index (χ4n) is 1.59. The van der Waals surface area contributed by atoms with Crippen molar-refractivity contribution < 1.29 is 14.6 Å². The predicted octanol–water partition coefficient (Wildman–Crippen LogP) is 5.03. The van der Waals surface area contributed by atoms with Crippen molar-refractivity contribution in [3.8, 4) is 5.75 Å². The van der Waals surface area contributed by atoms with E-state index in [9.17, 15) is 4.79 Å². The Bertz CT molecular complexity index is 659. The maximum absolute atomic E-state index is 11.2. The summed E-state index contributed by atoms with van der Waals surface area (Å²) in [6.45, 7) is 0.165. The van der Waals surface area contributed by atoms with Crippen LogP contribution in [0.5, 0.6) is 5.75 Å². The van der Waals surface area contributed by atoms with Crippen LogP contribution in [0.2, 0.25) is 10.0 Å².